The number of amides is 1. The van der Waals surface area contributed by atoms with Crippen LogP contribution in [0.25, 0.3) is 0 Å². The van der Waals surface area contributed by atoms with Crippen molar-refractivity contribution in [2.45, 2.75) is 13.0 Å². The summed E-state index contributed by atoms with van der Waals surface area (Å²) >= 11 is 0. The Kier molecular flexibility index (Phi) is 4.75. The molecule has 1 atom stereocenters. The van der Waals surface area contributed by atoms with Crippen molar-refractivity contribution >= 4 is 5.91 Å². The second-order valence-corrected chi connectivity index (χ2v) is 5.75. The quantitative estimate of drug-likeness (QED) is 0.767. The fraction of sp³-hybridized carbons (Fsp3) is 0.100. The number of carbonyl (C=O) groups excluding carboxylic acids is 1. The van der Waals surface area contributed by atoms with Crippen molar-refractivity contribution in [2.24, 2.45) is 0 Å². The van der Waals surface area contributed by atoms with Crippen LogP contribution in [0.1, 0.15) is 33.2 Å². The van der Waals surface area contributed by atoms with Crippen LogP contribution in [0.15, 0.2) is 71.5 Å². The molecule has 0 saturated heterocycles. The molecule has 4 nitrogen and oxygen atoms in total. The van der Waals surface area contributed by atoms with Gasteiger partial charge in [-0.2, -0.15) is 0 Å². The maximum atomic E-state index is 13.2. The topological polar surface area (TPSA) is 62.0 Å². The molecule has 2 N–H and O–H groups in total. The Morgan fingerprint density at radius 2 is 1.60 bits per heavy atom. The molecule has 2 aromatic carbocycles. The van der Waals surface area contributed by atoms with Gasteiger partial charge in [0.2, 0.25) is 0 Å². The van der Waals surface area contributed by atoms with Crippen LogP contribution in [-0.4, -0.2) is 10.9 Å². The molecule has 126 valence electrons. The Hall–Kier alpha value is -3.21. The van der Waals surface area contributed by atoms with E-state index >= 15 is 0 Å². The number of nitrogens with one attached hydrogen (secondary N) is 2. The summed E-state index contributed by atoms with van der Waals surface area (Å²) < 4.78 is 13.2. The van der Waals surface area contributed by atoms with E-state index in [1.165, 1.54) is 18.2 Å². The van der Waals surface area contributed by atoms with Gasteiger partial charge in [-0.1, -0.05) is 42.5 Å². The molecular formula is C20H17FN2O2. The minimum atomic E-state index is -0.491. The second-order valence-electron chi connectivity index (χ2n) is 5.75. The highest BCUT2D eigenvalue weighted by atomic mass is 19.1. The number of aromatic amines is 1. The number of carbonyl (C=O) groups is 1. The van der Waals surface area contributed by atoms with E-state index in [9.17, 15) is 14.0 Å². The Labute approximate surface area is 144 Å². The van der Waals surface area contributed by atoms with Gasteiger partial charge >= 0.3 is 0 Å². The lowest BCUT2D eigenvalue weighted by Crippen LogP contribution is -2.33. The molecule has 3 aromatic rings. The number of rotatable bonds is 4. The second kappa shape index (κ2) is 7.13. The van der Waals surface area contributed by atoms with Crippen molar-refractivity contribution in [3.63, 3.8) is 0 Å². The number of pyridine rings is 1. The fourth-order valence-corrected chi connectivity index (χ4v) is 2.62. The SMILES string of the molecule is Cc1ccc(C(=O)NC(c2ccccc2)c2ccc(F)cc2)c(=O)[nH]1. The van der Waals surface area contributed by atoms with Gasteiger partial charge in [0.1, 0.15) is 11.4 Å². The summed E-state index contributed by atoms with van der Waals surface area (Å²) in [4.78, 5) is 27.2. The fourth-order valence-electron chi connectivity index (χ4n) is 2.62. The average Bonchev–Trinajstić information content (AvgIpc) is 2.61. The summed E-state index contributed by atoms with van der Waals surface area (Å²) in [6.45, 7) is 1.74. The smallest absolute Gasteiger partial charge is 0.260 e. The predicted octanol–water partition coefficient (Wildman–Crippen LogP) is 3.34. The third-order valence-electron chi connectivity index (χ3n) is 3.91. The summed E-state index contributed by atoms with van der Waals surface area (Å²) in [5.41, 5.74) is 1.84. The van der Waals surface area contributed by atoms with Gasteiger partial charge in [-0.05, 0) is 42.3 Å². The lowest BCUT2D eigenvalue weighted by molar-refractivity contribution is 0.0941. The summed E-state index contributed by atoms with van der Waals surface area (Å²) in [6.07, 6.45) is 0. The zero-order chi connectivity index (χ0) is 17.8. The van der Waals surface area contributed by atoms with Gasteiger partial charge in [-0.15, -0.1) is 0 Å². The van der Waals surface area contributed by atoms with Crippen molar-refractivity contribution in [1.82, 2.24) is 10.3 Å². The monoisotopic (exact) mass is 336 g/mol. The van der Waals surface area contributed by atoms with Crippen LogP contribution >= 0.6 is 0 Å². The zero-order valence-electron chi connectivity index (χ0n) is 13.6. The molecule has 0 saturated carbocycles. The molecular weight excluding hydrogens is 319 g/mol. The van der Waals surface area contributed by atoms with Gasteiger partial charge in [0.15, 0.2) is 0 Å². The molecule has 0 aliphatic rings. The number of aromatic nitrogens is 1. The molecule has 0 spiro atoms. The standard InChI is InChI=1S/C20H17FN2O2/c1-13-7-12-17(19(24)22-13)20(25)23-18(14-5-3-2-4-6-14)15-8-10-16(21)11-9-15/h2-12,18H,1H3,(H,22,24)(H,23,25). The molecule has 1 amide bonds. The van der Waals surface area contributed by atoms with Gasteiger partial charge in [0.25, 0.3) is 11.5 Å². The average molecular weight is 336 g/mol. The minimum Gasteiger partial charge on any atom is -0.341 e. The van der Waals surface area contributed by atoms with Crippen molar-refractivity contribution in [3.05, 3.63) is 105 Å². The largest absolute Gasteiger partial charge is 0.341 e. The Bertz CT molecular complexity index is 934. The van der Waals surface area contributed by atoms with E-state index in [1.54, 1.807) is 25.1 Å². The van der Waals surface area contributed by atoms with Crippen molar-refractivity contribution in [1.29, 1.82) is 0 Å². The van der Waals surface area contributed by atoms with E-state index in [-0.39, 0.29) is 11.4 Å². The number of halogens is 1. The first-order valence-electron chi connectivity index (χ1n) is 7.86. The van der Waals surface area contributed by atoms with E-state index in [1.807, 2.05) is 30.3 Å². The molecule has 0 radical (unpaired) electrons. The lowest BCUT2D eigenvalue weighted by Gasteiger charge is -2.20. The molecule has 0 aliphatic heterocycles. The summed E-state index contributed by atoms with van der Waals surface area (Å²) in [5.74, 6) is -0.837. The van der Waals surface area contributed by atoms with Crippen molar-refractivity contribution < 1.29 is 9.18 Å². The molecule has 1 aromatic heterocycles. The third-order valence-corrected chi connectivity index (χ3v) is 3.91. The summed E-state index contributed by atoms with van der Waals surface area (Å²) in [7, 11) is 0. The van der Waals surface area contributed by atoms with Crippen LogP contribution in [0.5, 0.6) is 0 Å². The number of H-pyrrole nitrogens is 1. The zero-order valence-corrected chi connectivity index (χ0v) is 13.6. The summed E-state index contributed by atoms with van der Waals surface area (Å²) in [5, 5.41) is 2.86. The van der Waals surface area contributed by atoms with Crippen LogP contribution in [0.2, 0.25) is 0 Å². The minimum absolute atomic E-state index is 0.0358. The van der Waals surface area contributed by atoms with E-state index in [0.717, 1.165) is 11.1 Å². The van der Waals surface area contributed by atoms with E-state index in [4.69, 9.17) is 0 Å². The summed E-state index contributed by atoms with van der Waals surface area (Å²) in [6, 6.07) is 17.9. The van der Waals surface area contributed by atoms with Crippen LogP contribution in [0.4, 0.5) is 4.39 Å². The Morgan fingerprint density at radius 3 is 2.24 bits per heavy atom. The molecule has 0 bridgehead atoms. The van der Waals surface area contributed by atoms with Crippen LogP contribution < -0.4 is 10.9 Å². The highest BCUT2D eigenvalue weighted by Crippen LogP contribution is 2.22. The maximum Gasteiger partial charge on any atom is 0.260 e. The van der Waals surface area contributed by atoms with Crippen LogP contribution in [0.3, 0.4) is 0 Å². The van der Waals surface area contributed by atoms with E-state index in [2.05, 4.69) is 10.3 Å². The van der Waals surface area contributed by atoms with Gasteiger partial charge in [-0.3, -0.25) is 9.59 Å². The normalized spacial score (nSPS) is 11.8. The Balaban J connectivity index is 1.96. The molecule has 5 heteroatoms. The van der Waals surface area contributed by atoms with Gasteiger partial charge in [0.05, 0.1) is 6.04 Å². The highest BCUT2D eigenvalue weighted by molar-refractivity contribution is 5.94. The molecule has 1 heterocycles. The van der Waals surface area contributed by atoms with Crippen LogP contribution in [0, 0.1) is 12.7 Å². The highest BCUT2D eigenvalue weighted by Gasteiger charge is 2.19. The van der Waals surface area contributed by atoms with Crippen LogP contribution in [-0.2, 0) is 0 Å². The van der Waals surface area contributed by atoms with Gasteiger partial charge < -0.3 is 10.3 Å². The number of benzene rings is 2. The number of aryl methyl sites for hydroxylation is 1. The van der Waals surface area contributed by atoms with Crippen molar-refractivity contribution in [2.75, 3.05) is 0 Å². The van der Waals surface area contributed by atoms with E-state index in [0.29, 0.717) is 5.69 Å². The third kappa shape index (κ3) is 3.83. The first kappa shape index (κ1) is 16.6. The molecule has 3 rings (SSSR count). The molecule has 0 aliphatic carbocycles. The van der Waals surface area contributed by atoms with Gasteiger partial charge in [0, 0.05) is 5.69 Å². The molecule has 0 fully saturated rings. The number of hydrogen-bond donors (Lipinski definition) is 2. The Morgan fingerprint density at radius 1 is 0.960 bits per heavy atom. The first-order chi connectivity index (χ1) is 12.0. The maximum absolute atomic E-state index is 13.2. The number of hydrogen-bond acceptors (Lipinski definition) is 2. The van der Waals surface area contributed by atoms with Gasteiger partial charge in [-0.25, -0.2) is 4.39 Å². The lowest BCUT2D eigenvalue weighted by atomic mass is 9.98. The van der Waals surface area contributed by atoms with E-state index < -0.39 is 17.5 Å². The first-order valence-corrected chi connectivity index (χ1v) is 7.86. The molecule has 25 heavy (non-hydrogen) atoms. The molecule has 1 unspecified atom stereocenters. The predicted molar refractivity (Wildman–Crippen MR) is 94.0 cm³/mol. The van der Waals surface area contributed by atoms with Crippen molar-refractivity contribution in [3.8, 4) is 0 Å².